The summed E-state index contributed by atoms with van der Waals surface area (Å²) in [4.78, 5) is 12.7. The molecule has 6 heteroatoms. The lowest BCUT2D eigenvalue weighted by atomic mass is 10.4. The summed E-state index contributed by atoms with van der Waals surface area (Å²) < 4.78 is 1.72. The van der Waals surface area contributed by atoms with Gasteiger partial charge in [0, 0.05) is 12.6 Å². The standard InChI is InChI=1S/C9H17N5S/c1-5-10-8-11-7(4)12-9(13-8)14(15)6(2)3/h6,15H,5H2,1-4H3,(H,10,11,12,13). The molecule has 1 heterocycles. The Bertz CT molecular complexity index is 328. The van der Waals surface area contributed by atoms with E-state index in [1.54, 1.807) is 4.31 Å². The molecule has 1 rings (SSSR count). The highest BCUT2D eigenvalue weighted by Gasteiger charge is 2.11. The van der Waals surface area contributed by atoms with E-state index in [0.29, 0.717) is 17.7 Å². The van der Waals surface area contributed by atoms with Crippen molar-refractivity contribution < 1.29 is 0 Å². The van der Waals surface area contributed by atoms with Crippen LogP contribution >= 0.6 is 12.8 Å². The Labute approximate surface area is 95.9 Å². The van der Waals surface area contributed by atoms with Gasteiger partial charge in [0.05, 0.1) is 0 Å². The van der Waals surface area contributed by atoms with Gasteiger partial charge in [-0.2, -0.15) is 15.0 Å². The zero-order chi connectivity index (χ0) is 11.4. The van der Waals surface area contributed by atoms with Gasteiger partial charge in [0.1, 0.15) is 5.82 Å². The van der Waals surface area contributed by atoms with E-state index in [-0.39, 0.29) is 6.04 Å². The van der Waals surface area contributed by atoms with Crippen molar-refractivity contribution in [1.82, 2.24) is 15.0 Å². The average molecular weight is 227 g/mol. The van der Waals surface area contributed by atoms with Crippen LogP contribution in [-0.2, 0) is 0 Å². The topological polar surface area (TPSA) is 53.9 Å². The monoisotopic (exact) mass is 227 g/mol. The smallest absolute Gasteiger partial charge is 0.240 e. The van der Waals surface area contributed by atoms with E-state index < -0.39 is 0 Å². The Balaban J connectivity index is 2.97. The summed E-state index contributed by atoms with van der Waals surface area (Å²) in [5.74, 6) is 1.87. The quantitative estimate of drug-likeness (QED) is 0.766. The van der Waals surface area contributed by atoms with Crippen LogP contribution in [0.4, 0.5) is 11.9 Å². The second kappa shape index (κ2) is 5.16. The van der Waals surface area contributed by atoms with Crippen LogP contribution in [0.25, 0.3) is 0 Å². The van der Waals surface area contributed by atoms with Gasteiger partial charge >= 0.3 is 0 Å². The molecule has 1 aromatic rings. The summed E-state index contributed by atoms with van der Waals surface area (Å²) in [6.07, 6.45) is 0. The van der Waals surface area contributed by atoms with Crippen molar-refractivity contribution in [3.05, 3.63) is 5.82 Å². The lowest BCUT2D eigenvalue weighted by molar-refractivity contribution is 0.801. The third-order valence-electron chi connectivity index (χ3n) is 1.76. The molecule has 0 bridgehead atoms. The molecular formula is C9H17N5S. The lowest BCUT2D eigenvalue weighted by Gasteiger charge is -2.20. The van der Waals surface area contributed by atoms with E-state index in [2.05, 4.69) is 33.1 Å². The summed E-state index contributed by atoms with van der Waals surface area (Å²) in [6, 6.07) is 0.240. The van der Waals surface area contributed by atoms with Crippen LogP contribution in [-0.4, -0.2) is 27.5 Å². The molecule has 0 atom stereocenters. The molecule has 0 radical (unpaired) electrons. The first kappa shape index (κ1) is 12.0. The van der Waals surface area contributed by atoms with Crippen molar-refractivity contribution in [1.29, 1.82) is 0 Å². The minimum atomic E-state index is 0.240. The van der Waals surface area contributed by atoms with Gasteiger partial charge in [0.25, 0.3) is 0 Å². The molecule has 5 nitrogen and oxygen atoms in total. The normalized spacial score (nSPS) is 10.5. The van der Waals surface area contributed by atoms with Crippen molar-refractivity contribution in [3.63, 3.8) is 0 Å². The molecular weight excluding hydrogens is 210 g/mol. The Kier molecular flexibility index (Phi) is 4.14. The SMILES string of the molecule is CCNc1nc(C)nc(N(S)C(C)C)n1. The fraction of sp³-hybridized carbons (Fsp3) is 0.667. The fourth-order valence-electron chi connectivity index (χ4n) is 1.04. The third kappa shape index (κ3) is 3.23. The molecule has 0 amide bonds. The largest absolute Gasteiger partial charge is 0.354 e. The van der Waals surface area contributed by atoms with Crippen molar-refractivity contribution in [2.24, 2.45) is 0 Å². The molecule has 0 spiro atoms. The molecule has 0 saturated carbocycles. The first-order valence-electron chi connectivity index (χ1n) is 4.99. The van der Waals surface area contributed by atoms with Crippen LogP contribution in [0.15, 0.2) is 0 Å². The summed E-state index contributed by atoms with van der Waals surface area (Å²) >= 11 is 4.33. The highest BCUT2D eigenvalue weighted by molar-refractivity contribution is 7.81. The number of hydrogen-bond donors (Lipinski definition) is 2. The number of anilines is 2. The molecule has 84 valence electrons. The predicted octanol–water partition coefficient (Wildman–Crippen LogP) is 1.67. The predicted molar refractivity (Wildman–Crippen MR) is 65.3 cm³/mol. The molecule has 0 aliphatic rings. The Hall–Kier alpha value is -1.04. The van der Waals surface area contributed by atoms with Crippen LogP contribution < -0.4 is 9.62 Å². The molecule has 1 N–H and O–H groups in total. The number of hydrogen-bond acceptors (Lipinski definition) is 6. The highest BCUT2D eigenvalue weighted by Crippen LogP contribution is 2.15. The fourth-order valence-corrected chi connectivity index (χ4v) is 1.13. The zero-order valence-electron chi connectivity index (χ0n) is 9.52. The van der Waals surface area contributed by atoms with Crippen molar-refractivity contribution in [3.8, 4) is 0 Å². The number of aryl methyl sites for hydroxylation is 1. The van der Waals surface area contributed by atoms with E-state index in [0.717, 1.165) is 6.54 Å². The molecule has 0 saturated heterocycles. The Morgan fingerprint density at radius 1 is 1.33 bits per heavy atom. The number of nitrogens with one attached hydrogen (secondary N) is 1. The Morgan fingerprint density at radius 2 is 2.00 bits per heavy atom. The minimum Gasteiger partial charge on any atom is -0.354 e. The molecule has 0 aliphatic carbocycles. The van der Waals surface area contributed by atoms with Gasteiger partial charge in [-0.25, -0.2) is 0 Å². The molecule has 0 unspecified atom stereocenters. The van der Waals surface area contributed by atoms with E-state index in [4.69, 9.17) is 0 Å². The van der Waals surface area contributed by atoms with E-state index in [1.807, 2.05) is 27.7 Å². The molecule has 1 aromatic heterocycles. The highest BCUT2D eigenvalue weighted by atomic mass is 32.1. The van der Waals surface area contributed by atoms with Crippen molar-refractivity contribution in [2.45, 2.75) is 33.7 Å². The number of thiol groups is 1. The molecule has 0 aliphatic heterocycles. The third-order valence-corrected chi connectivity index (χ3v) is 2.41. The summed E-state index contributed by atoms with van der Waals surface area (Å²) in [5.41, 5.74) is 0. The van der Waals surface area contributed by atoms with Gasteiger partial charge in [-0.1, -0.05) is 12.8 Å². The first-order valence-corrected chi connectivity index (χ1v) is 5.39. The van der Waals surface area contributed by atoms with E-state index in [9.17, 15) is 0 Å². The summed E-state index contributed by atoms with van der Waals surface area (Å²) in [7, 11) is 0. The number of aromatic nitrogens is 3. The van der Waals surface area contributed by atoms with Gasteiger partial charge in [0.15, 0.2) is 0 Å². The number of nitrogens with zero attached hydrogens (tertiary/aromatic N) is 4. The molecule has 0 fully saturated rings. The zero-order valence-corrected chi connectivity index (χ0v) is 10.4. The van der Waals surface area contributed by atoms with Gasteiger partial charge < -0.3 is 5.32 Å². The summed E-state index contributed by atoms with van der Waals surface area (Å²) in [5, 5.41) is 3.06. The van der Waals surface area contributed by atoms with Crippen LogP contribution in [0, 0.1) is 6.92 Å². The first-order chi connectivity index (χ1) is 7.04. The average Bonchev–Trinajstić information content (AvgIpc) is 2.16. The second-order valence-corrected chi connectivity index (χ2v) is 3.91. The maximum absolute atomic E-state index is 4.33. The van der Waals surface area contributed by atoms with Crippen LogP contribution in [0.3, 0.4) is 0 Å². The van der Waals surface area contributed by atoms with Crippen LogP contribution in [0.1, 0.15) is 26.6 Å². The lowest BCUT2D eigenvalue weighted by Crippen LogP contribution is -2.23. The maximum Gasteiger partial charge on any atom is 0.240 e. The Morgan fingerprint density at radius 3 is 2.53 bits per heavy atom. The second-order valence-electron chi connectivity index (χ2n) is 3.47. The minimum absolute atomic E-state index is 0.240. The van der Waals surface area contributed by atoms with Crippen LogP contribution in [0.2, 0.25) is 0 Å². The van der Waals surface area contributed by atoms with Gasteiger partial charge in [-0.05, 0) is 27.7 Å². The molecule has 0 aromatic carbocycles. The van der Waals surface area contributed by atoms with Gasteiger partial charge in [0.2, 0.25) is 11.9 Å². The number of rotatable bonds is 4. The van der Waals surface area contributed by atoms with E-state index >= 15 is 0 Å². The van der Waals surface area contributed by atoms with Crippen molar-refractivity contribution >= 4 is 24.7 Å². The maximum atomic E-state index is 4.33. The molecule has 15 heavy (non-hydrogen) atoms. The van der Waals surface area contributed by atoms with Crippen LogP contribution in [0.5, 0.6) is 0 Å². The summed E-state index contributed by atoms with van der Waals surface area (Å²) in [6.45, 7) is 8.68. The van der Waals surface area contributed by atoms with E-state index in [1.165, 1.54) is 0 Å². The van der Waals surface area contributed by atoms with Gasteiger partial charge in [-0.3, -0.25) is 4.31 Å². The van der Waals surface area contributed by atoms with Gasteiger partial charge in [-0.15, -0.1) is 0 Å². The van der Waals surface area contributed by atoms with Crippen molar-refractivity contribution in [2.75, 3.05) is 16.2 Å².